The predicted octanol–water partition coefficient (Wildman–Crippen LogP) is -0.353. The van der Waals surface area contributed by atoms with Crippen molar-refractivity contribution >= 4 is 5.82 Å². The van der Waals surface area contributed by atoms with E-state index in [-0.39, 0.29) is 11.4 Å². The Morgan fingerprint density at radius 3 is 3.07 bits per heavy atom. The van der Waals surface area contributed by atoms with Crippen molar-refractivity contribution in [2.45, 2.75) is 25.3 Å². The van der Waals surface area contributed by atoms with Gasteiger partial charge in [0.05, 0.1) is 0 Å². The number of aromatic amines is 1. The van der Waals surface area contributed by atoms with Gasteiger partial charge in [-0.05, 0) is 12.8 Å². The molecule has 1 aliphatic carbocycles. The van der Waals surface area contributed by atoms with Gasteiger partial charge in [0.15, 0.2) is 0 Å². The van der Waals surface area contributed by atoms with Crippen LogP contribution in [0.4, 0.5) is 5.82 Å². The van der Waals surface area contributed by atoms with Crippen molar-refractivity contribution in [3.63, 3.8) is 0 Å². The number of rotatable bonds is 4. The standard InChI is InChI=1S/C9H14N4O/c10-7-5-9(14)13-8(12-7)3-4-11-6-1-2-6/h5-6,11H,1-4H2,(H3,10,12,13,14). The number of anilines is 1. The Morgan fingerprint density at radius 1 is 1.64 bits per heavy atom. The molecule has 14 heavy (non-hydrogen) atoms. The number of nitrogens with zero attached hydrogens (tertiary/aromatic N) is 1. The van der Waals surface area contributed by atoms with Gasteiger partial charge in [-0.25, -0.2) is 4.98 Å². The fourth-order valence-corrected chi connectivity index (χ4v) is 1.33. The van der Waals surface area contributed by atoms with Crippen LogP contribution < -0.4 is 16.6 Å². The lowest BCUT2D eigenvalue weighted by molar-refractivity contribution is 0.665. The summed E-state index contributed by atoms with van der Waals surface area (Å²) in [5.74, 6) is 0.943. The summed E-state index contributed by atoms with van der Waals surface area (Å²) in [4.78, 5) is 17.7. The Balaban J connectivity index is 1.90. The van der Waals surface area contributed by atoms with Crippen LogP contribution in [0.5, 0.6) is 0 Å². The van der Waals surface area contributed by atoms with E-state index in [2.05, 4.69) is 15.3 Å². The molecule has 0 bridgehead atoms. The SMILES string of the molecule is Nc1cc(=O)[nH]c(CCNC2CC2)n1. The topological polar surface area (TPSA) is 83.8 Å². The predicted molar refractivity (Wildman–Crippen MR) is 54.0 cm³/mol. The van der Waals surface area contributed by atoms with Gasteiger partial charge >= 0.3 is 0 Å². The third-order valence-corrected chi connectivity index (χ3v) is 2.18. The largest absolute Gasteiger partial charge is 0.383 e. The van der Waals surface area contributed by atoms with Crippen molar-refractivity contribution in [3.05, 3.63) is 22.2 Å². The van der Waals surface area contributed by atoms with Crippen LogP contribution in [0.3, 0.4) is 0 Å². The highest BCUT2D eigenvalue weighted by Crippen LogP contribution is 2.18. The van der Waals surface area contributed by atoms with E-state index in [4.69, 9.17) is 5.73 Å². The van der Waals surface area contributed by atoms with E-state index in [9.17, 15) is 4.79 Å². The Morgan fingerprint density at radius 2 is 2.43 bits per heavy atom. The van der Waals surface area contributed by atoms with Crippen molar-refractivity contribution in [2.24, 2.45) is 0 Å². The Labute approximate surface area is 81.7 Å². The van der Waals surface area contributed by atoms with Gasteiger partial charge in [-0.2, -0.15) is 0 Å². The lowest BCUT2D eigenvalue weighted by atomic mass is 10.4. The first-order chi connectivity index (χ1) is 6.74. The van der Waals surface area contributed by atoms with Crippen LogP contribution >= 0.6 is 0 Å². The zero-order valence-electron chi connectivity index (χ0n) is 7.92. The van der Waals surface area contributed by atoms with E-state index in [0.717, 1.165) is 13.0 Å². The quantitative estimate of drug-likeness (QED) is 0.611. The van der Waals surface area contributed by atoms with Crippen LogP contribution in [0.1, 0.15) is 18.7 Å². The van der Waals surface area contributed by atoms with Gasteiger partial charge in [-0.15, -0.1) is 0 Å². The van der Waals surface area contributed by atoms with E-state index in [1.807, 2.05) is 0 Å². The molecule has 1 aromatic rings. The third-order valence-electron chi connectivity index (χ3n) is 2.18. The monoisotopic (exact) mass is 194 g/mol. The molecule has 0 aliphatic heterocycles. The van der Waals surface area contributed by atoms with Gasteiger partial charge in [0.1, 0.15) is 11.6 Å². The number of nitrogen functional groups attached to an aromatic ring is 1. The Kier molecular flexibility index (Phi) is 2.49. The summed E-state index contributed by atoms with van der Waals surface area (Å²) in [6.07, 6.45) is 3.25. The molecular formula is C9H14N4O. The molecule has 0 saturated heterocycles. The second-order valence-corrected chi connectivity index (χ2v) is 3.60. The first kappa shape index (κ1) is 9.21. The second kappa shape index (κ2) is 3.79. The van der Waals surface area contributed by atoms with E-state index in [1.54, 1.807) is 0 Å². The first-order valence-corrected chi connectivity index (χ1v) is 4.83. The number of hydrogen-bond donors (Lipinski definition) is 3. The molecule has 0 amide bonds. The van der Waals surface area contributed by atoms with Gasteiger partial charge in [0, 0.05) is 25.1 Å². The molecule has 1 aromatic heterocycles. The minimum atomic E-state index is -0.182. The minimum Gasteiger partial charge on any atom is -0.383 e. The average Bonchev–Trinajstić information content (AvgIpc) is 2.86. The molecule has 0 aromatic carbocycles. The molecule has 5 heteroatoms. The summed E-state index contributed by atoms with van der Waals surface area (Å²) in [5.41, 5.74) is 5.27. The van der Waals surface area contributed by atoms with Gasteiger partial charge in [-0.3, -0.25) is 4.79 Å². The summed E-state index contributed by atoms with van der Waals surface area (Å²) in [5, 5.41) is 3.34. The molecular weight excluding hydrogens is 180 g/mol. The summed E-state index contributed by atoms with van der Waals surface area (Å²) in [6.45, 7) is 0.844. The fraction of sp³-hybridized carbons (Fsp3) is 0.556. The molecule has 1 heterocycles. The van der Waals surface area contributed by atoms with Crippen molar-refractivity contribution in [2.75, 3.05) is 12.3 Å². The van der Waals surface area contributed by atoms with Gasteiger partial charge in [0.2, 0.25) is 0 Å². The second-order valence-electron chi connectivity index (χ2n) is 3.60. The van der Waals surface area contributed by atoms with Crippen LogP contribution in [-0.2, 0) is 6.42 Å². The van der Waals surface area contributed by atoms with Gasteiger partial charge < -0.3 is 16.0 Å². The highest BCUT2D eigenvalue weighted by atomic mass is 16.1. The van der Waals surface area contributed by atoms with Crippen molar-refractivity contribution < 1.29 is 0 Å². The number of nitrogens with one attached hydrogen (secondary N) is 2. The van der Waals surface area contributed by atoms with Crippen molar-refractivity contribution in [1.29, 1.82) is 0 Å². The molecule has 2 rings (SSSR count). The van der Waals surface area contributed by atoms with Crippen LogP contribution in [-0.4, -0.2) is 22.6 Å². The summed E-state index contributed by atoms with van der Waals surface area (Å²) < 4.78 is 0. The normalized spacial score (nSPS) is 15.7. The molecule has 5 nitrogen and oxygen atoms in total. The Bertz CT molecular complexity index is 369. The Hall–Kier alpha value is -1.36. The van der Waals surface area contributed by atoms with Crippen molar-refractivity contribution in [3.8, 4) is 0 Å². The first-order valence-electron chi connectivity index (χ1n) is 4.83. The molecule has 1 saturated carbocycles. The summed E-state index contributed by atoms with van der Waals surface area (Å²) >= 11 is 0. The number of hydrogen-bond acceptors (Lipinski definition) is 4. The number of aromatic nitrogens is 2. The highest BCUT2D eigenvalue weighted by Gasteiger charge is 2.19. The summed E-state index contributed by atoms with van der Waals surface area (Å²) in [7, 11) is 0. The lowest BCUT2D eigenvalue weighted by Gasteiger charge is -2.02. The molecule has 0 radical (unpaired) electrons. The lowest BCUT2D eigenvalue weighted by Crippen LogP contribution is -2.22. The molecule has 1 fully saturated rings. The zero-order chi connectivity index (χ0) is 9.97. The molecule has 76 valence electrons. The number of nitrogens with two attached hydrogens (primary N) is 1. The maximum absolute atomic E-state index is 11.0. The minimum absolute atomic E-state index is 0.182. The van der Waals surface area contributed by atoms with E-state index < -0.39 is 0 Å². The van der Waals surface area contributed by atoms with Crippen LogP contribution in [0.2, 0.25) is 0 Å². The summed E-state index contributed by atoms with van der Waals surface area (Å²) in [6, 6.07) is 1.97. The molecule has 1 aliphatic rings. The van der Waals surface area contributed by atoms with Crippen LogP contribution in [0, 0.1) is 0 Å². The van der Waals surface area contributed by atoms with Gasteiger partial charge in [0.25, 0.3) is 5.56 Å². The van der Waals surface area contributed by atoms with E-state index in [1.165, 1.54) is 18.9 Å². The number of H-pyrrole nitrogens is 1. The molecule has 0 atom stereocenters. The molecule has 4 N–H and O–H groups in total. The van der Waals surface area contributed by atoms with Crippen LogP contribution in [0.25, 0.3) is 0 Å². The average molecular weight is 194 g/mol. The third kappa shape index (κ3) is 2.56. The fourth-order valence-electron chi connectivity index (χ4n) is 1.33. The van der Waals surface area contributed by atoms with Crippen molar-refractivity contribution in [1.82, 2.24) is 15.3 Å². The molecule has 0 spiro atoms. The van der Waals surface area contributed by atoms with E-state index >= 15 is 0 Å². The van der Waals surface area contributed by atoms with E-state index in [0.29, 0.717) is 11.9 Å². The zero-order valence-corrected chi connectivity index (χ0v) is 7.92. The highest BCUT2D eigenvalue weighted by molar-refractivity contribution is 5.25. The van der Waals surface area contributed by atoms with Gasteiger partial charge in [-0.1, -0.05) is 0 Å². The van der Waals surface area contributed by atoms with Crippen LogP contribution in [0.15, 0.2) is 10.9 Å². The maximum atomic E-state index is 11.0. The smallest absolute Gasteiger partial charge is 0.252 e. The molecule has 0 unspecified atom stereocenters. The maximum Gasteiger partial charge on any atom is 0.252 e.